The van der Waals surface area contributed by atoms with Crippen LogP contribution in [0.25, 0.3) is 10.9 Å². The summed E-state index contributed by atoms with van der Waals surface area (Å²) in [6, 6.07) is 9.48. The van der Waals surface area contributed by atoms with Gasteiger partial charge in [-0.1, -0.05) is 12.1 Å². The fourth-order valence-electron chi connectivity index (χ4n) is 4.05. The molecule has 2 fully saturated rings. The lowest BCUT2D eigenvalue weighted by molar-refractivity contribution is -0.0966. The predicted molar refractivity (Wildman–Crippen MR) is 90.8 cm³/mol. The van der Waals surface area contributed by atoms with Crippen LogP contribution in [0.1, 0.15) is 29.6 Å². The average molecular weight is 326 g/mol. The molecule has 2 aliphatic heterocycles. The van der Waals surface area contributed by atoms with Crippen molar-refractivity contribution in [3.63, 3.8) is 0 Å². The number of likely N-dealkylation sites (tertiary alicyclic amines) is 1. The number of hydrogen-bond donors (Lipinski definition) is 1. The lowest BCUT2D eigenvalue weighted by atomic mass is 9.71. The summed E-state index contributed by atoms with van der Waals surface area (Å²) in [6.45, 7) is 2.53. The number of carbonyl (C=O) groups excluding carboxylic acids is 1. The van der Waals surface area contributed by atoms with E-state index >= 15 is 0 Å². The molecule has 0 bridgehead atoms. The van der Waals surface area contributed by atoms with E-state index in [9.17, 15) is 9.90 Å². The number of carbonyl (C=O) groups is 1. The summed E-state index contributed by atoms with van der Waals surface area (Å²) in [5.41, 5.74) is 1.31. The highest BCUT2D eigenvalue weighted by molar-refractivity contribution is 6.06. The molecule has 1 spiro atoms. The molecule has 0 saturated carbocycles. The standard InChI is InChI=1S/C19H22N2O3/c22-17-6-10-21(13-19(17)7-11-24-12-8-19)18(23)15-3-1-5-16-14(15)4-2-9-20-16/h1-5,9,17,22H,6-8,10-13H2. The fraction of sp³-hybridized carbons (Fsp3) is 0.474. The van der Waals surface area contributed by atoms with Gasteiger partial charge in [-0.2, -0.15) is 0 Å². The zero-order chi connectivity index (χ0) is 16.6. The third kappa shape index (κ3) is 2.58. The van der Waals surface area contributed by atoms with Crippen molar-refractivity contribution in [1.82, 2.24) is 9.88 Å². The Labute approximate surface area is 141 Å². The summed E-state index contributed by atoms with van der Waals surface area (Å²) < 4.78 is 5.46. The van der Waals surface area contributed by atoms with Crippen LogP contribution < -0.4 is 0 Å². The smallest absolute Gasteiger partial charge is 0.254 e. The van der Waals surface area contributed by atoms with E-state index < -0.39 is 0 Å². The van der Waals surface area contributed by atoms with E-state index in [0.717, 1.165) is 23.7 Å². The first-order chi connectivity index (χ1) is 11.7. The second-order valence-corrected chi connectivity index (χ2v) is 6.88. The molecule has 5 nitrogen and oxygen atoms in total. The lowest BCUT2D eigenvalue weighted by Crippen LogP contribution is -2.55. The largest absolute Gasteiger partial charge is 0.392 e. The van der Waals surface area contributed by atoms with Gasteiger partial charge in [0.15, 0.2) is 0 Å². The number of nitrogens with zero attached hydrogens (tertiary/aromatic N) is 2. The highest BCUT2D eigenvalue weighted by Crippen LogP contribution is 2.40. The molecular formula is C19H22N2O3. The minimum absolute atomic E-state index is 0.0337. The third-order valence-electron chi connectivity index (χ3n) is 5.54. The molecule has 0 radical (unpaired) electrons. The van der Waals surface area contributed by atoms with Gasteiger partial charge in [0, 0.05) is 48.9 Å². The van der Waals surface area contributed by atoms with Crippen LogP contribution in [0.15, 0.2) is 36.5 Å². The molecule has 2 aliphatic rings. The first-order valence-corrected chi connectivity index (χ1v) is 8.58. The van der Waals surface area contributed by atoms with Crippen molar-refractivity contribution in [2.75, 3.05) is 26.3 Å². The van der Waals surface area contributed by atoms with Crippen molar-refractivity contribution in [2.24, 2.45) is 5.41 Å². The van der Waals surface area contributed by atoms with Gasteiger partial charge >= 0.3 is 0 Å². The molecule has 3 heterocycles. The summed E-state index contributed by atoms with van der Waals surface area (Å²) in [5.74, 6) is 0.0337. The summed E-state index contributed by atoms with van der Waals surface area (Å²) >= 11 is 0. The number of amides is 1. The zero-order valence-corrected chi connectivity index (χ0v) is 13.6. The Balaban J connectivity index is 1.64. The van der Waals surface area contributed by atoms with Crippen molar-refractivity contribution < 1.29 is 14.6 Å². The number of pyridine rings is 1. The molecule has 1 unspecified atom stereocenters. The number of aliphatic hydroxyl groups is 1. The second kappa shape index (κ2) is 6.15. The minimum atomic E-state index is -0.348. The summed E-state index contributed by atoms with van der Waals surface area (Å²) in [4.78, 5) is 19.4. The van der Waals surface area contributed by atoms with E-state index in [1.54, 1.807) is 6.20 Å². The molecule has 24 heavy (non-hydrogen) atoms. The van der Waals surface area contributed by atoms with Gasteiger partial charge in [-0.3, -0.25) is 9.78 Å². The Morgan fingerprint density at radius 3 is 2.92 bits per heavy atom. The fourth-order valence-corrected chi connectivity index (χ4v) is 4.05. The Hall–Kier alpha value is -1.98. The summed E-state index contributed by atoms with van der Waals surface area (Å²) in [7, 11) is 0. The topological polar surface area (TPSA) is 62.7 Å². The Morgan fingerprint density at radius 1 is 1.25 bits per heavy atom. The second-order valence-electron chi connectivity index (χ2n) is 6.88. The molecule has 1 atom stereocenters. The maximum absolute atomic E-state index is 13.1. The minimum Gasteiger partial charge on any atom is -0.392 e. The van der Waals surface area contributed by atoms with Crippen molar-refractivity contribution in [1.29, 1.82) is 0 Å². The molecule has 1 amide bonds. The average Bonchev–Trinajstić information content (AvgIpc) is 2.64. The van der Waals surface area contributed by atoms with Gasteiger partial charge in [0.2, 0.25) is 0 Å². The van der Waals surface area contributed by atoms with E-state index in [2.05, 4.69) is 4.98 Å². The van der Waals surface area contributed by atoms with Crippen molar-refractivity contribution in [3.05, 3.63) is 42.1 Å². The quantitative estimate of drug-likeness (QED) is 0.873. The number of fused-ring (bicyclic) bond motifs is 1. The number of aliphatic hydroxyl groups excluding tert-OH is 1. The maximum Gasteiger partial charge on any atom is 0.254 e. The monoisotopic (exact) mass is 326 g/mol. The first-order valence-electron chi connectivity index (χ1n) is 8.58. The lowest BCUT2D eigenvalue weighted by Gasteiger charge is -2.48. The van der Waals surface area contributed by atoms with Crippen LogP contribution in [0, 0.1) is 5.41 Å². The summed E-state index contributed by atoms with van der Waals surface area (Å²) in [6.07, 6.45) is 3.66. The van der Waals surface area contributed by atoms with Crippen LogP contribution in [0.2, 0.25) is 0 Å². The van der Waals surface area contributed by atoms with Crippen LogP contribution in [0.3, 0.4) is 0 Å². The number of hydrogen-bond acceptors (Lipinski definition) is 4. The Bertz CT molecular complexity index is 750. The number of ether oxygens (including phenoxy) is 1. The van der Waals surface area contributed by atoms with Gasteiger partial charge in [0.05, 0.1) is 11.6 Å². The molecule has 2 saturated heterocycles. The van der Waals surface area contributed by atoms with Gasteiger partial charge in [-0.15, -0.1) is 0 Å². The van der Waals surface area contributed by atoms with Gasteiger partial charge in [-0.05, 0) is 37.5 Å². The highest BCUT2D eigenvalue weighted by Gasteiger charge is 2.45. The molecule has 4 rings (SSSR count). The van der Waals surface area contributed by atoms with E-state index in [1.807, 2.05) is 35.2 Å². The number of rotatable bonds is 1. The van der Waals surface area contributed by atoms with Crippen LogP contribution in [0.4, 0.5) is 0 Å². The maximum atomic E-state index is 13.1. The van der Waals surface area contributed by atoms with Gasteiger partial charge < -0.3 is 14.7 Å². The molecule has 1 aromatic heterocycles. The molecule has 1 aromatic carbocycles. The number of aromatic nitrogens is 1. The van der Waals surface area contributed by atoms with E-state index in [4.69, 9.17) is 4.74 Å². The zero-order valence-electron chi connectivity index (χ0n) is 13.6. The Morgan fingerprint density at radius 2 is 2.08 bits per heavy atom. The molecule has 126 valence electrons. The van der Waals surface area contributed by atoms with Crippen molar-refractivity contribution >= 4 is 16.8 Å². The van der Waals surface area contributed by atoms with Gasteiger partial charge in [0.1, 0.15) is 0 Å². The molecule has 1 N–H and O–H groups in total. The van der Waals surface area contributed by atoms with Crippen molar-refractivity contribution in [2.45, 2.75) is 25.4 Å². The predicted octanol–water partition coefficient (Wildman–Crippen LogP) is 2.24. The Kier molecular flexibility index (Phi) is 3.98. The summed E-state index contributed by atoms with van der Waals surface area (Å²) in [5, 5.41) is 11.4. The van der Waals surface area contributed by atoms with E-state index in [0.29, 0.717) is 38.3 Å². The molecule has 0 aliphatic carbocycles. The molecule has 2 aromatic rings. The normalized spacial score (nSPS) is 23.5. The van der Waals surface area contributed by atoms with Crippen LogP contribution in [-0.2, 0) is 4.74 Å². The molecule has 5 heteroatoms. The number of benzene rings is 1. The molecular weight excluding hydrogens is 304 g/mol. The highest BCUT2D eigenvalue weighted by atomic mass is 16.5. The third-order valence-corrected chi connectivity index (χ3v) is 5.54. The van der Waals surface area contributed by atoms with Crippen LogP contribution >= 0.6 is 0 Å². The van der Waals surface area contributed by atoms with Crippen LogP contribution in [-0.4, -0.2) is 53.3 Å². The number of piperidine rings is 1. The SMILES string of the molecule is O=C(c1cccc2ncccc12)N1CCC(O)C2(CCOCC2)C1. The van der Waals surface area contributed by atoms with E-state index in [-0.39, 0.29) is 17.4 Å². The first kappa shape index (κ1) is 15.5. The van der Waals surface area contributed by atoms with Gasteiger partial charge in [-0.25, -0.2) is 0 Å². The van der Waals surface area contributed by atoms with Crippen LogP contribution in [0.5, 0.6) is 0 Å². The van der Waals surface area contributed by atoms with Gasteiger partial charge in [0.25, 0.3) is 5.91 Å². The van der Waals surface area contributed by atoms with Crippen molar-refractivity contribution in [3.8, 4) is 0 Å². The van der Waals surface area contributed by atoms with E-state index in [1.165, 1.54) is 0 Å².